The zero-order valence-corrected chi connectivity index (χ0v) is 9.42. The predicted molar refractivity (Wildman–Crippen MR) is 66.6 cm³/mol. The summed E-state index contributed by atoms with van der Waals surface area (Å²) in [4.78, 5) is 12.3. The van der Waals surface area contributed by atoms with Crippen LogP contribution in [-0.4, -0.2) is 25.2 Å². The van der Waals surface area contributed by atoms with Crippen LogP contribution in [0.25, 0.3) is 6.08 Å². The van der Waals surface area contributed by atoms with Crippen LogP contribution in [0.15, 0.2) is 42.5 Å². The topological polar surface area (TPSA) is 40.5 Å². The number of carbonyl (C=O) groups is 1. The van der Waals surface area contributed by atoms with Gasteiger partial charge >= 0.3 is 5.97 Å². The average molecular weight is 217 g/mol. The Kier molecular flexibility index (Phi) is 4.33. The van der Waals surface area contributed by atoms with E-state index < -0.39 is 5.97 Å². The van der Waals surface area contributed by atoms with E-state index in [4.69, 9.17) is 5.11 Å². The maximum atomic E-state index is 10.3. The van der Waals surface area contributed by atoms with Crippen molar-refractivity contribution in [3.8, 4) is 0 Å². The molecule has 1 aromatic rings. The highest BCUT2D eigenvalue weighted by Crippen LogP contribution is 2.19. The Bertz CT molecular complexity index is 420. The van der Waals surface area contributed by atoms with Gasteiger partial charge in [0.2, 0.25) is 0 Å². The first-order chi connectivity index (χ1) is 7.61. The molecule has 1 aromatic carbocycles. The Hall–Kier alpha value is -2.03. The van der Waals surface area contributed by atoms with Gasteiger partial charge in [-0.1, -0.05) is 36.4 Å². The molecule has 0 aliphatic heterocycles. The van der Waals surface area contributed by atoms with Crippen molar-refractivity contribution in [3.05, 3.63) is 48.1 Å². The fourth-order valence-corrected chi connectivity index (χ4v) is 1.33. The van der Waals surface area contributed by atoms with Crippen molar-refractivity contribution >= 4 is 17.7 Å². The van der Waals surface area contributed by atoms with Crippen molar-refractivity contribution in [2.24, 2.45) is 0 Å². The van der Waals surface area contributed by atoms with E-state index in [2.05, 4.69) is 0 Å². The van der Waals surface area contributed by atoms with Crippen LogP contribution < -0.4 is 4.90 Å². The van der Waals surface area contributed by atoms with Gasteiger partial charge in [0.1, 0.15) is 0 Å². The molecule has 0 fully saturated rings. The molecule has 3 nitrogen and oxygen atoms in total. The number of anilines is 1. The molecule has 0 aliphatic rings. The fourth-order valence-electron chi connectivity index (χ4n) is 1.33. The highest BCUT2D eigenvalue weighted by Gasteiger charge is 1.98. The van der Waals surface area contributed by atoms with Gasteiger partial charge in [0.15, 0.2) is 0 Å². The number of rotatable bonds is 4. The van der Waals surface area contributed by atoms with Crippen molar-refractivity contribution in [1.29, 1.82) is 0 Å². The fraction of sp³-hybridized carbons (Fsp3) is 0.154. The Morgan fingerprint density at radius 2 is 1.94 bits per heavy atom. The Balaban J connectivity index is 2.84. The first-order valence-electron chi connectivity index (χ1n) is 4.95. The SMILES string of the molecule is CN(C)c1ccccc1C=CC=CC(=O)O. The van der Waals surface area contributed by atoms with Crippen LogP contribution in [0.3, 0.4) is 0 Å². The van der Waals surface area contributed by atoms with Crippen molar-refractivity contribution < 1.29 is 9.90 Å². The van der Waals surface area contributed by atoms with E-state index in [1.165, 1.54) is 6.08 Å². The number of aliphatic carboxylic acids is 1. The van der Waals surface area contributed by atoms with Gasteiger partial charge in [0.25, 0.3) is 0 Å². The minimum absolute atomic E-state index is 0.939. The molecule has 0 atom stereocenters. The normalized spacial score (nSPS) is 11.1. The lowest BCUT2D eigenvalue weighted by Crippen LogP contribution is -2.09. The molecule has 0 bridgehead atoms. The van der Waals surface area contributed by atoms with Gasteiger partial charge in [-0.05, 0) is 11.6 Å². The van der Waals surface area contributed by atoms with Crippen LogP contribution in [0.1, 0.15) is 5.56 Å². The van der Waals surface area contributed by atoms with Gasteiger partial charge in [-0.25, -0.2) is 4.79 Å². The molecule has 0 unspecified atom stereocenters. The van der Waals surface area contributed by atoms with E-state index in [1.807, 2.05) is 49.3 Å². The number of para-hydroxylation sites is 1. The molecular weight excluding hydrogens is 202 g/mol. The first kappa shape index (κ1) is 12.0. The highest BCUT2D eigenvalue weighted by molar-refractivity contribution is 5.80. The Morgan fingerprint density at radius 1 is 1.25 bits per heavy atom. The monoisotopic (exact) mass is 217 g/mol. The van der Waals surface area contributed by atoms with Crippen LogP contribution in [0.5, 0.6) is 0 Å². The third kappa shape index (κ3) is 3.61. The minimum Gasteiger partial charge on any atom is -0.478 e. The van der Waals surface area contributed by atoms with E-state index in [0.717, 1.165) is 17.3 Å². The van der Waals surface area contributed by atoms with E-state index in [-0.39, 0.29) is 0 Å². The molecule has 16 heavy (non-hydrogen) atoms. The van der Waals surface area contributed by atoms with E-state index in [0.29, 0.717) is 0 Å². The average Bonchev–Trinajstić information content (AvgIpc) is 2.24. The molecule has 84 valence electrons. The smallest absolute Gasteiger partial charge is 0.328 e. The zero-order valence-electron chi connectivity index (χ0n) is 9.42. The van der Waals surface area contributed by atoms with Crippen molar-refractivity contribution in [2.45, 2.75) is 0 Å². The number of carboxylic acids is 1. The van der Waals surface area contributed by atoms with Crippen molar-refractivity contribution in [1.82, 2.24) is 0 Å². The lowest BCUT2D eigenvalue weighted by molar-refractivity contribution is -0.131. The lowest BCUT2D eigenvalue weighted by atomic mass is 10.1. The van der Waals surface area contributed by atoms with E-state index in [1.54, 1.807) is 6.08 Å². The predicted octanol–water partition coefficient (Wildman–Crippen LogP) is 2.41. The molecule has 0 saturated carbocycles. The van der Waals surface area contributed by atoms with Gasteiger partial charge in [0, 0.05) is 25.9 Å². The van der Waals surface area contributed by atoms with E-state index in [9.17, 15) is 4.79 Å². The summed E-state index contributed by atoms with van der Waals surface area (Å²) >= 11 is 0. The summed E-state index contributed by atoms with van der Waals surface area (Å²) in [5, 5.41) is 8.42. The number of carboxylic acid groups (broad SMARTS) is 1. The van der Waals surface area contributed by atoms with Crippen LogP contribution in [0.2, 0.25) is 0 Å². The first-order valence-corrected chi connectivity index (χ1v) is 4.95. The third-order valence-electron chi connectivity index (χ3n) is 2.04. The summed E-state index contributed by atoms with van der Waals surface area (Å²) in [6, 6.07) is 7.92. The van der Waals surface area contributed by atoms with E-state index >= 15 is 0 Å². The van der Waals surface area contributed by atoms with Crippen molar-refractivity contribution in [3.63, 3.8) is 0 Å². The van der Waals surface area contributed by atoms with Gasteiger partial charge in [-0.15, -0.1) is 0 Å². The zero-order chi connectivity index (χ0) is 12.0. The molecule has 0 saturated heterocycles. The summed E-state index contributed by atoms with van der Waals surface area (Å²) in [7, 11) is 3.94. The second kappa shape index (κ2) is 5.75. The molecule has 1 N–H and O–H groups in total. The second-order valence-corrected chi connectivity index (χ2v) is 3.51. The molecule has 0 amide bonds. The molecule has 3 heteroatoms. The summed E-state index contributed by atoms with van der Waals surface area (Å²) < 4.78 is 0. The molecular formula is C13H15NO2. The summed E-state index contributed by atoms with van der Waals surface area (Å²) in [6.45, 7) is 0. The van der Waals surface area contributed by atoms with Gasteiger partial charge in [-0.3, -0.25) is 0 Å². The number of allylic oxidation sites excluding steroid dienone is 2. The van der Waals surface area contributed by atoms with Crippen LogP contribution >= 0.6 is 0 Å². The van der Waals surface area contributed by atoms with Gasteiger partial charge in [-0.2, -0.15) is 0 Å². The summed E-state index contributed by atoms with van der Waals surface area (Å²) in [5.74, 6) is -0.939. The van der Waals surface area contributed by atoms with Gasteiger partial charge in [0.05, 0.1) is 0 Å². The second-order valence-electron chi connectivity index (χ2n) is 3.51. The van der Waals surface area contributed by atoms with Crippen LogP contribution in [0, 0.1) is 0 Å². The minimum atomic E-state index is -0.939. The number of hydrogen-bond acceptors (Lipinski definition) is 2. The molecule has 0 heterocycles. The number of nitrogens with zero attached hydrogens (tertiary/aromatic N) is 1. The lowest BCUT2D eigenvalue weighted by Gasteiger charge is -2.14. The number of benzene rings is 1. The Morgan fingerprint density at radius 3 is 2.56 bits per heavy atom. The number of hydrogen-bond donors (Lipinski definition) is 1. The summed E-state index contributed by atoms with van der Waals surface area (Å²) in [6.07, 6.45) is 6.22. The molecule has 0 aliphatic carbocycles. The molecule has 1 rings (SSSR count). The maximum absolute atomic E-state index is 10.3. The standard InChI is InChI=1S/C13H15NO2/c1-14(2)12-9-5-3-7-11(12)8-4-6-10-13(15)16/h3-10H,1-2H3,(H,15,16). The van der Waals surface area contributed by atoms with Gasteiger partial charge < -0.3 is 10.0 Å². The molecule has 0 spiro atoms. The highest BCUT2D eigenvalue weighted by atomic mass is 16.4. The molecule has 0 aromatic heterocycles. The largest absolute Gasteiger partial charge is 0.478 e. The maximum Gasteiger partial charge on any atom is 0.328 e. The Labute approximate surface area is 95.3 Å². The van der Waals surface area contributed by atoms with Crippen molar-refractivity contribution in [2.75, 3.05) is 19.0 Å². The van der Waals surface area contributed by atoms with Crippen LogP contribution in [0.4, 0.5) is 5.69 Å². The van der Waals surface area contributed by atoms with Crippen LogP contribution in [-0.2, 0) is 4.79 Å². The quantitative estimate of drug-likeness (QED) is 0.622. The summed E-state index contributed by atoms with van der Waals surface area (Å²) in [5.41, 5.74) is 2.16. The third-order valence-corrected chi connectivity index (χ3v) is 2.04. The molecule has 0 radical (unpaired) electrons.